The van der Waals surface area contributed by atoms with Crippen LogP contribution in [0.25, 0.3) is 18.2 Å². The molecule has 0 aliphatic rings. The Morgan fingerprint density at radius 2 is 0.909 bits per heavy atom. The molecule has 3 N–H and O–H groups in total. The van der Waals surface area contributed by atoms with E-state index in [1.54, 1.807) is 18.2 Å². The average Bonchev–Trinajstić information content (AvgIpc) is 2.86. The molecule has 0 unspecified atom stereocenters. The maximum atomic E-state index is 13.0. The summed E-state index contributed by atoms with van der Waals surface area (Å²) in [4.78, 5) is 0. The Morgan fingerprint density at radius 3 is 1.15 bits per heavy atom. The summed E-state index contributed by atoms with van der Waals surface area (Å²) in [6.07, 6.45) is 8.97. The SMILES string of the molecule is NCCO.O=P(OC=Cc1ccccc1)(OC=Cc1ccccc1)OC=Cc1ccccc1. The highest BCUT2D eigenvalue weighted by molar-refractivity contribution is 7.48. The Balaban J connectivity index is 0.000000890. The van der Waals surface area contributed by atoms with E-state index < -0.39 is 7.82 Å². The van der Waals surface area contributed by atoms with Crippen LogP contribution < -0.4 is 5.73 Å². The molecule has 0 heterocycles. The summed E-state index contributed by atoms with van der Waals surface area (Å²) in [5.41, 5.74) is 7.48. The van der Waals surface area contributed by atoms with Gasteiger partial charge in [-0.25, -0.2) is 0 Å². The van der Waals surface area contributed by atoms with Gasteiger partial charge in [0.05, 0.1) is 25.4 Å². The first-order valence-corrected chi connectivity index (χ1v) is 11.7. The third-order valence-electron chi connectivity index (χ3n) is 3.88. The molecule has 172 valence electrons. The highest BCUT2D eigenvalue weighted by Gasteiger charge is 2.27. The molecule has 0 aliphatic carbocycles. The smallest absolute Gasteiger partial charge is 0.395 e. The van der Waals surface area contributed by atoms with E-state index in [-0.39, 0.29) is 6.61 Å². The third kappa shape index (κ3) is 11.0. The van der Waals surface area contributed by atoms with Gasteiger partial charge < -0.3 is 24.4 Å². The molecular formula is C26H28NO5P. The van der Waals surface area contributed by atoms with E-state index in [9.17, 15) is 4.57 Å². The van der Waals surface area contributed by atoms with Crippen LogP contribution in [0.1, 0.15) is 16.7 Å². The number of rotatable bonds is 10. The lowest BCUT2D eigenvalue weighted by atomic mass is 10.2. The van der Waals surface area contributed by atoms with Gasteiger partial charge in [0.2, 0.25) is 0 Å². The van der Waals surface area contributed by atoms with Crippen molar-refractivity contribution in [3.8, 4) is 0 Å². The molecular weight excluding hydrogens is 437 g/mol. The molecule has 0 atom stereocenters. The van der Waals surface area contributed by atoms with Gasteiger partial charge in [-0.15, -0.1) is 0 Å². The lowest BCUT2D eigenvalue weighted by molar-refractivity contribution is 0.233. The van der Waals surface area contributed by atoms with E-state index in [0.717, 1.165) is 16.7 Å². The van der Waals surface area contributed by atoms with Crippen LogP contribution >= 0.6 is 7.82 Å². The second-order valence-electron chi connectivity index (χ2n) is 6.42. The topological polar surface area (TPSA) is 91.0 Å². The molecule has 7 heteroatoms. The van der Waals surface area contributed by atoms with Gasteiger partial charge >= 0.3 is 7.82 Å². The summed E-state index contributed by atoms with van der Waals surface area (Å²) in [6.45, 7) is 0.472. The van der Waals surface area contributed by atoms with Crippen LogP contribution in [0.4, 0.5) is 0 Å². The van der Waals surface area contributed by atoms with Crippen molar-refractivity contribution in [3.05, 3.63) is 126 Å². The van der Waals surface area contributed by atoms with Crippen LogP contribution in [0.15, 0.2) is 110 Å². The predicted octanol–water partition coefficient (Wildman–Crippen LogP) is 6.09. The van der Waals surface area contributed by atoms with Gasteiger partial charge in [0.1, 0.15) is 0 Å². The average molecular weight is 465 g/mol. The summed E-state index contributed by atoms with van der Waals surface area (Å²) in [6, 6.07) is 28.5. The van der Waals surface area contributed by atoms with E-state index in [1.807, 2.05) is 91.0 Å². The molecule has 0 amide bonds. The minimum absolute atomic E-state index is 0.0972. The van der Waals surface area contributed by atoms with Gasteiger partial charge in [-0.1, -0.05) is 91.0 Å². The first kappa shape index (κ1) is 25.7. The monoisotopic (exact) mass is 465 g/mol. The number of nitrogens with two attached hydrogens (primary N) is 1. The molecule has 3 aromatic rings. The van der Waals surface area contributed by atoms with E-state index >= 15 is 0 Å². The zero-order valence-electron chi connectivity index (χ0n) is 18.1. The summed E-state index contributed by atoms with van der Waals surface area (Å²) >= 11 is 0. The largest absolute Gasteiger partial charge is 0.645 e. The van der Waals surface area contributed by atoms with Gasteiger partial charge in [0.15, 0.2) is 0 Å². The minimum atomic E-state index is -3.89. The Hall–Kier alpha value is -3.57. The van der Waals surface area contributed by atoms with Crippen molar-refractivity contribution >= 4 is 26.1 Å². The van der Waals surface area contributed by atoms with Gasteiger partial charge in [0.25, 0.3) is 0 Å². The standard InChI is InChI=1S/C24H21O4P.C2H7NO/c25-29(26-19-16-22-10-4-1-5-11-22,27-20-17-23-12-6-2-7-13-23)28-21-18-24-14-8-3-9-15-24;3-1-2-4/h1-21H;4H,1-3H2. The Labute approximate surface area is 194 Å². The highest BCUT2D eigenvalue weighted by Crippen LogP contribution is 2.50. The zero-order chi connectivity index (χ0) is 23.6. The van der Waals surface area contributed by atoms with Gasteiger partial charge in [0, 0.05) is 6.54 Å². The molecule has 0 bridgehead atoms. The van der Waals surface area contributed by atoms with Gasteiger partial charge in [-0.3, -0.25) is 0 Å². The lowest BCUT2D eigenvalue weighted by Crippen LogP contribution is -2.02. The van der Waals surface area contributed by atoms with Crippen LogP contribution in [0, 0.1) is 0 Å². The van der Waals surface area contributed by atoms with Crippen LogP contribution in [0.2, 0.25) is 0 Å². The van der Waals surface area contributed by atoms with Crippen LogP contribution in [-0.4, -0.2) is 18.3 Å². The normalized spacial score (nSPS) is 12.8. The number of aliphatic hydroxyl groups excluding tert-OH is 1. The maximum absolute atomic E-state index is 13.0. The number of phosphoric ester groups is 1. The van der Waals surface area contributed by atoms with Crippen molar-refractivity contribution in [1.82, 2.24) is 0 Å². The zero-order valence-corrected chi connectivity index (χ0v) is 19.0. The first-order chi connectivity index (χ1) is 16.1. The van der Waals surface area contributed by atoms with E-state index in [4.69, 9.17) is 24.4 Å². The molecule has 0 fully saturated rings. The second-order valence-corrected chi connectivity index (χ2v) is 7.94. The van der Waals surface area contributed by atoms with Crippen LogP contribution in [-0.2, 0) is 18.1 Å². The molecule has 0 saturated heterocycles. The Morgan fingerprint density at radius 1 is 0.636 bits per heavy atom. The fourth-order valence-corrected chi connectivity index (χ4v) is 3.10. The summed E-state index contributed by atoms with van der Waals surface area (Å²) in [5, 5.41) is 7.75. The second kappa shape index (κ2) is 15.3. The van der Waals surface area contributed by atoms with Crippen molar-refractivity contribution < 1.29 is 23.2 Å². The molecule has 0 aromatic heterocycles. The summed E-state index contributed by atoms with van der Waals surface area (Å²) in [7, 11) is -3.89. The van der Waals surface area contributed by atoms with Gasteiger partial charge in [-0.05, 0) is 34.9 Å². The Bertz CT molecular complexity index is 904. The molecule has 0 radical (unpaired) electrons. The van der Waals surface area contributed by atoms with Crippen LogP contribution in [0.3, 0.4) is 0 Å². The predicted molar refractivity (Wildman–Crippen MR) is 133 cm³/mol. The van der Waals surface area contributed by atoms with Crippen LogP contribution in [0.5, 0.6) is 0 Å². The fraction of sp³-hybridized carbons (Fsp3) is 0.0769. The van der Waals surface area contributed by atoms with E-state index in [2.05, 4.69) is 0 Å². The molecule has 0 saturated carbocycles. The van der Waals surface area contributed by atoms with Crippen molar-refractivity contribution in [2.75, 3.05) is 13.2 Å². The van der Waals surface area contributed by atoms with E-state index in [1.165, 1.54) is 18.8 Å². The first-order valence-electron chi connectivity index (χ1n) is 10.3. The third-order valence-corrected chi connectivity index (χ3v) is 5.02. The molecule has 6 nitrogen and oxygen atoms in total. The lowest BCUT2D eigenvalue weighted by Gasteiger charge is -2.13. The summed E-state index contributed by atoms with van der Waals surface area (Å²) in [5.74, 6) is 0. The number of phosphoric acid groups is 1. The maximum Gasteiger partial charge on any atom is 0.645 e. The molecule has 3 aromatic carbocycles. The number of hydrogen-bond acceptors (Lipinski definition) is 6. The van der Waals surface area contributed by atoms with Crippen molar-refractivity contribution in [1.29, 1.82) is 0 Å². The molecule has 0 aliphatic heterocycles. The Kier molecular flexibility index (Phi) is 11.9. The van der Waals surface area contributed by atoms with E-state index in [0.29, 0.717) is 6.54 Å². The minimum Gasteiger partial charge on any atom is -0.395 e. The van der Waals surface area contributed by atoms with Gasteiger partial charge in [-0.2, -0.15) is 4.57 Å². The summed E-state index contributed by atoms with van der Waals surface area (Å²) < 4.78 is 29.0. The molecule has 33 heavy (non-hydrogen) atoms. The number of hydrogen-bond donors (Lipinski definition) is 2. The molecule has 3 rings (SSSR count). The van der Waals surface area contributed by atoms with Crippen molar-refractivity contribution in [2.45, 2.75) is 0 Å². The fourth-order valence-electron chi connectivity index (χ4n) is 2.32. The highest BCUT2D eigenvalue weighted by atomic mass is 31.2. The van der Waals surface area contributed by atoms with Crippen molar-refractivity contribution in [2.24, 2.45) is 5.73 Å². The number of benzene rings is 3. The quantitative estimate of drug-likeness (QED) is 0.278. The number of aliphatic hydroxyl groups is 1. The van der Waals surface area contributed by atoms with Crippen molar-refractivity contribution in [3.63, 3.8) is 0 Å². The molecule has 0 spiro atoms.